The Morgan fingerprint density at radius 1 is 1.00 bits per heavy atom. The van der Waals surface area contributed by atoms with Gasteiger partial charge < -0.3 is 14.6 Å². The molecule has 0 radical (unpaired) electrons. The quantitative estimate of drug-likeness (QED) is 0.334. The Hall–Kier alpha value is -3.29. The average molecular weight is 465 g/mol. The molecule has 1 aromatic heterocycles. The van der Waals surface area contributed by atoms with Gasteiger partial charge in [0.2, 0.25) is 11.8 Å². The zero-order valence-electron chi connectivity index (χ0n) is 17.4. The minimum atomic E-state index is -0.147. The number of amides is 1. The number of halogens is 1. The lowest BCUT2D eigenvalue weighted by atomic mass is 10.2. The summed E-state index contributed by atoms with van der Waals surface area (Å²) >= 11 is 7.08. The van der Waals surface area contributed by atoms with Crippen LogP contribution in [-0.2, 0) is 11.3 Å². The number of nitrogens with zero attached hydrogens (tertiary/aromatic N) is 3. The highest BCUT2D eigenvalue weighted by Crippen LogP contribution is 2.25. The van der Waals surface area contributed by atoms with Crippen LogP contribution >= 0.6 is 23.4 Å². The first-order chi connectivity index (χ1) is 15.6. The Kier molecular flexibility index (Phi) is 7.09. The number of carbonyl (C=O) groups excluding carboxylic acids is 1. The maximum Gasteiger partial charge on any atom is 0.277 e. The molecule has 4 aromatic rings. The van der Waals surface area contributed by atoms with Crippen LogP contribution in [0.2, 0.25) is 5.02 Å². The van der Waals surface area contributed by atoms with Crippen LogP contribution in [0, 0.1) is 0 Å². The third-order valence-electron chi connectivity index (χ3n) is 4.68. The normalized spacial score (nSPS) is 10.7. The largest absolute Gasteiger partial charge is 0.411 e. The van der Waals surface area contributed by atoms with E-state index in [-0.39, 0.29) is 11.7 Å². The molecule has 8 heteroatoms. The first-order valence-corrected chi connectivity index (χ1v) is 11.3. The number of nitrogens with one attached hydrogen (secondary N) is 1. The number of rotatable bonds is 8. The second-order valence-corrected chi connectivity index (χ2v) is 8.47. The van der Waals surface area contributed by atoms with Gasteiger partial charge in [-0.25, -0.2) is 0 Å². The maximum atomic E-state index is 12.3. The molecule has 0 bridgehead atoms. The number of thioether (sulfide) groups is 1. The Morgan fingerprint density at radius 3 is 2.44 bits per heavy atom. The molecule has 6 nitrogen and oxygen atoms in total. The van der Waals surface area contributed by atoms with Crippen molar-refractivity contribution in [1.29, 1.82) is 0 Å². The fourth-order valence-corrected chi connectivity index (χ4v) is 3.74. The number of hydrogen-bond acceptors (Lipinski definition) is 6. The molecule has 0 aliphatic heterocycles. The fourth-order valence-electron chi connectivity index (χ4n) is 3.05. The van der Waals surface area contributed by atoms with Gasteiger partial charge in [-0.3, -0.25) is 4.79 Å². The summed E-state index contributed by atoms with van der Waals surface area (Å²) in [5.74, 6) is 0.407. The van der Waals surface area contributed by atoms with E-state index in [0.717, 1.165) is 23.5 Å². The van der Waals surface area contributed by atoms with Gasteiger partial charge >= 0.3 is 0 Å². The summed E-state index contributed by atoms with van der Waals surface area (Å²) in [6.07, 6.45) is 0. The van der Waals surface area contributed by atoms with Crippen molar-refractivity contribution in [2.45, 2.75) is 11.8 Å². The van der Waals surface area contributed by atoms with Gasteiger partial charge in [0.25, 0.3) is 5.22 Å². The second kappa shape index (κ2) is 10.3. The summed E-state index contributed by atoms with van der Waals surface area (Å²) in [7, 11) is 2.04. The van der Waals surface area contributed by atoms with Gasteiger partial charge in [0, 0.05) is 35.6 Å². The molecule has 0 aliphatic rings. The average Bonchev–Trinajstić information content (AvgIpc) is 3.28. The molecule has 1 heterocycles. The zero-order valence-corrected chi connectivity index (χ0v) is 18.9. The summed E-state index contributed by atoms with van der Waals surface area (Å²) in [6, 6.07) is 25.2. The standard InChI is InChI=1S/C24H21ClN4O2S/c1-29(15-17-5-3-2-4-6-17)21-13-11-20(12-14-21)26-22(30)16-32-24-28-27-23(31-24)18-7-9-19(25)10-8-18/h2-14H,15-16H2,1H3,(H,26,30). The lowest BCUT2D eigenvalue weighted by Crippen LogP contribution is -2.17. The van der Waals surface area contributed by atoms with E-state index in [1.165, 1.54) is 17.3 Å². The van der Waals surface area contributed by atoms with Gasteiger partial charge in [-0.2, -0.15) is 0 Å². The van der Waals surface area contributed by atoms with Gasteiger partial charge in [0.1, 0.15) is 0 Å². The molecule has 1 N–H and O–H groups in total. The molecule has 0 aliphatic carbocycles. The van der Waals surface area contributed by atoms with Gasteiger partial charge in [-0.15, -0.1) is 10.2 Å². The van der Waals surface area contributed by atoms with E-state index in [1.807, 2.05) is 49.5 Å². The SMILES string of the molecule is CN(Cc1ccccc1)c1ccc(NC(=O)CSc2nnc(-c3ccc(Cl)cc3)o2)cc1. The zero-order chi connectivity index (χ0) is 22.3. The molecular formula is C24H21ClN4O2S. The molecule has 0 spiro atoms. The van der Waals surface area contributed by atoms with E-state index >= 15 is 0 Å². The van der Waals surface area contributed by atoms with Crippen molar-refractivity contribution in [3.8, 4) is 11.5 Å². The molecule has 1 amide bonds. The summed E-state index contributed by atoms with van der Waals surface area (Å²) in [5.41, 5.74) is 3.82. The molecule has 0 unspecified atom stereocenters. The van der Waals surface area contributed by atoms with Crippen LogP contribution in [0.4, 0.5) is 11.4 Å². The van der Waals surface area contributed by atoms with Crippen LogP contribution in [0.25, 0.3) is 11.5 Å². The highest BCUT2D eigenvalue weighted by molar-refractivity contribution is 7.99. The summed E-state index contributed by atoms with van der Waals surface area (Å²) in [6.45, 7) is 0.811. The van der Waals surface area contributed by atoms with Crippen molar-refractivity contribution in [2.24, 2.45) is 0 Å². The molecule has 0 saturated carbocycles. The van der Waals surface area contributed by atoms with Crippen LogP contribution in [0.15, 0.2) is 88.5 Å². The van der Waals surface area contributed by atoms with E-state index in [2.05, 4.69) is 32.5 Å². The van der Waals surface area contributed by atoms with Crippen LogP contribution in [-0.4, -0.2) is 28.9 Å². The minimum absolute atomic E-state index is 0.147. The van der Waals surface area contributed by atoms with Crippen molar-refractivity contribution in [3.05, 3.63) is 89.4 Å². The molecule has 32 heavy (non-hydrogen) atoms. The monoisotopic (exact) mass is 464 g/mol. The van der Waals surface area contributed by atoms with Crippen LogP contribution in [0.5, 0.6) is 0 Å². The molecular weight excluding hydrogens is 444 g/mol. The van der Waals surface area contributed by atoms with Gasteiger partial charge in [-0.05, 0) is 54.1 Å². The molecule has 3 aromatic carbocycles. The smallest absolute Gasteiger partial charge is 0.277 e. The van der Waals surface area contributed by atoms with Crippen molar-refractivity contribution in [3.63, 3.8) is 0 Å². The number of aromatic nitrogens is 2. The lowest BCUT2D eigenvalue weighted by Gasteiger charge is -2.19. The Morgan fingerprint density at radius 2 is 1.72 bits per heavy atom. The van der Waals surface area contributed by atoms with Gasteiger partial charge in [0.15, 0.2) is 0 Å². The highest BCUT2D eigenvalue weighted by atomic mass is 35.5. The van der Waals surface area contributed by atoms with Crippen LogP contribution in [0.1, 0.15) is 5.56 Å². The summed E-state index contributed by atoms with van der Waals surface area (Å²) in [4.78, 5) is 14.5. The molecule has 0 atom stereocenters. The van der Waals surface area contributed by atoms with Gasteiger partial charge in [0.05, 0.1) is 5.75 Å². The maximum absolute atomic E-state index is 12.3. The number of carbonyl (C=O) groups is 1. The van der Waals surface area contributed by atoms with E-state index in [9.17, 15) is 4.79 Å². The lowest BCUT2D eigenvalue weighted by molar-refractivity contribution is -0.113. The second-order valence-electron chi connectivity index (χ2n) is 7.11. The Bertz CT molecular complexity index is 1160. The molecule has 4 rings (SSSR count). The topological polar surface area (TPSA) is 71.3 Å². The Labute approximate surface area is 195 Å². The van der Waals surface area contributed by atoms with Crippen molar-refractivity contribution >= 4 is 40.6 Å². The molecule has 162 valence electrons. The number of benzene rings is 3. The Balaban J connectivity index is 1.27. The number of anilines is 2. The summed E-state index contributed by atoms with van der Waals surface area (Å²) in [5, 5.41) is 11.9. The van der Waals surface area contributed by atoms with Gasteiger partial charge in [-0.1, -0.05) is 53.7 Å². The predicted octanol–water partition coefficient (Wildman–Crippen LogP) is 5.76. The van der Waals surface area contributed by atoms with Crippen LogP contribution < -0.4 is 10.2 Å². The van der Waals surface area contributed by atoms with Crippen molar-refractivity contribution in [1.82, 2.24) is 10.2 Å². The van der Waals surface area contributed by atoms with Crippen LogP contribution in [0.3, 0.4) is 0 Å². The third-order valence-corrected chi connectivity index (χ3v) is 5.75. The minimum Gasteiger partial charge on any atom is -0.411 e. The first-order valence-electron chi connectivity index (χ1n) is 9.94. The predicted molar refractivity (Wildman–Crippen MR) is 129 cm³/mol. The summed E-state index contributed by atoms with van der Waals surface area (Å²) < 4.78 is 5.61. The third kappa shape index (κ3) is 5.90. The molecule has 0 saturated heterocycles. The van der Waals surface area contributed by atoms with Crippen molar-refractivity contribution < 1.29 is 9.21 Å². The highest BCUT2D eigenvalue weighted by Gasteiger charge is 2.12. The fraction of sp³-hybridized carbons (Fsp3) is 0.125. The first kappa shape index (κ1) is 21.9. The van der Waals surface area contributed by atoms with E-state index in [1.54, 1.807) is 24.3 Å². The molecule has 0 fully saturated rings. The van der Waals surface area contributed by atoms with Crippen molar-refractivity contribution in [2.75, 3.05) is 23.0 Å². The van der Waals surface area contributed by atoms with E-state index < -0.39 is 0 Å². The van der Waals surface area contributed by atoms with E-state index in [0.29, 0.717) is 16.1 Å². The van der Waals surface area contributed by atoms with E-state index in [4.69, 9.17) is 16.0 Å². The number of hydrogen-bond donors (Lipinski definition) is 1.